The highest BCUT2D eigenvalue weighted by molar-refractivity contribution is 5.80. The zero-order valence-corrected chi connectivity index (χ0v) is 13.3. The Bertz CT molecular complexity index is 472. The molecule has 0 rings (SSSR count). The number of carboxylic acids is 2. The molecule has 0 fully saturated rings. The van der Waals surface area contributed by atoms with Crippen molar-refractivity contribution in [2.75, 3.05) is 13.1 Å². The van der Waals surface area contributed by atoms with Gasteiger partial charge in [-0.3, -0.25) is 20.9 Å². The van der Waals surface area contributed by atoms with Crippen molar-refractivity contribution in [2.45, 2.75) is 37.4 Å². The van der Waals surface area contributed by atoms with Crippen LogP contribution in [0.4, 0.5) is 0 Å². The first kappa shape index (κ1) is 21.4. The smallest absolute Gasteiger partial charge is 0.338 e. The van der Waals surface area contributed by atoms with Crippen molar-refractivity contribution in [2.24, 2.45) is 17.2 Å². The second-order valence-corrected chi connectivity index (χ2v) is 5.24. The van der Waals surface area contributed by atoms with Crippen molar-refractivity contribution in [1.29, 1.82) is 10.8 Å². The lowest BCUT2D eigenvalue weighted by Crippen LogP contribution is -2.64. The number of aliphatic carboxylic acids is 2. The van der Waals surface area contributed by atoms with E-state index in [1.807, 2.05) is 0 Å². The summed E-state index contributed by atoms with van der Waals surface area (Å²) < 4.78 is 0. The number of guanidine groups is 2. The molecule has 0 spiro atoms. The summed E-state index contributed by atoms with van der Waals surface area (Å²) in [4.78, 5) is 22.7. The molecule has 0 radical (unpaired) electrons. The first-order valence-corrected chi connectivity index (χ1v) is 7.27. The number of carbonyl (C=O) groups is 2. The third-order valence-electron chi connectivity index (χ3n) is 3.16. The van der Waals surface area contributed by atoms with E-state index in [0.29, 0.717) is 6.42 Å². The molecule has 0 saturated heterocycles. The van der Waals surface area contributed by atoms with E-state index in [-0.39, 0.29) is 44.3 Å². The molecule has 13 N–H and O–H groups in total. The molecule has 0 bridgehead atoms. The molecule has 0 saturated carbocycles. The highest BCUT2D eigenvalue weighted by Gasteiger charge is 2.37. The van der Waals surface area contributed by atoms with Gasteiger partial charge in [0.15, 0.2) is 17.6 Å². The summed E-state index contributed by atoms with van der Waals surface area (Å²) in [7, 11) is 0. The SMILES string of the molecule is N=C(N)NCCCC(N[C@@](N)(CCCNC(=N)N)C(=O)O)C(=O)O. The molecule has 0 aliphatic carbocycles. The fourth-order valence-corrected chi connectivity index (χ4v) is 1.93. The number of nitrogens with one attached hydrogen (secondary N) is 5. The van der Waals surface area contributed by atoms with E-state index < -0.39 is 23.6 Å². The van der Waals surface area contributed by atoms with Crippen LogP contribution >= 0.6 is 0 Å². The van der Waals surface area contributed by atoms with Gasteiger partial charge in [-0.15, -0.1) is 0 Å². The van der Waals surface area contributed by atoms with Crippen LogP contribution in [0.5, 0.6) is 0 Å². The molecule has 138 valence electrons. The summed E-state index contributed by atoms with van der Waals surface area (Å²) in [5, 5.41) is 40.0. The molecule has 12 nitrogen and oxygen atoms in total. The summed E-state index contributed by atoms with van der Waals surface area (Å²) in [6.07, 6.45) is 0.671. The van der Waals surface area contributed by atoms with Crippen molar-refractivity contribution in [1.82, 2.24) is 16.0 Å². The van der Waals surface area contributed by atoms with Gasteiger partial charge in [-0.05, 0) is 25.7 Å². The van der Waals surface area contributed by atoms with E-state index in [2.05, 4.69) is 16.0 Å². The lowest BCUT2D eigenvalue weighted by Gasteiger charge is -2.29. The fraction of sp³-hybridized carbons (Fsp3) is 0.667. The van der Waals surface area contributed by atoms with Gasteiger partial charge >= 0.3 is 11.9 Å². The van der Waals surface area contributed by atoms with Gasteiger partial charge in [0, 0.05) is 13.1 Å². The molecular weight excluding hydrogens is 320 g/mol. The predicted molar refractivity (Wildman–Crippen MR) is 87.4 cm³/mol. The van der Waals surface area contributed by atoms with Crippen LogP contribution in [0, 0.1) is 10.8 Å². The molecular formula is C12H26N8O4. The number of nitrogens with two attached hydrogens (primary N) is 3. The molecule has 0 amide bonds. The van der Waals surface area contributed by atoms with Gasteiger partial charge in [0.1, 0.15) is 6.04 Å². The Labute approximate surface area is 139 Å². The van der Waals surface area contributed by atoms with Crippen molar-refractivity contribution in [3.05, 3.63) is 0 Å². The van der Waals surface area contributed by atoms with Gasteiger partial charge in [-0.25, -0.2) is 4.79 Å². The standard InChI is InChI=1S/C12H26N8O4/c13-10(14)18-5-1-3-7(8(21)22)20-12(17,9(23)24)4-2-6-19-11(15)16/h7,20H,1-6,17H2,(H,21,22)(H,23,24)(H4,13,14,18)(H4,15,16,19)/t7?,12-/m0/s1. The molecule has 0 aromatic rings. The van der Waals surface area contributed by atoms with Crippen LogP contribution in [0.2, 0.25) is 0 Å². The molecule has 0 aliphatic rings. The summed E-state index contributed by atoms with van der Waals surface area (Å²) in [5.74, 6) is -3.08. The summed E-state index contributed by atoms with van der Waals surface area (Å²) in [5.41, 5.74) is 14.1. The minimum absolute atomic E-state index is 0.0575. The van der Waals surface area contributed by atoms with Crippen LogP contribution in [-0.2, 0) is 9.59 Å². The maximum atomic E-state index is 11.4. The quantitative estimate of drug-likeness (QED) is 0.0758. The Kier molecular flexibility index (Phi) is 9.12. The summed E-state index contributed by atoms with van der Waals surface area (Å²) >= 11 is 0. The molecule has 0 aromatic carbocycles. The molecule has 1 unspecified atom stereocenters. The van der Waals surface area contributed by atoms with Crippen LogP contribution in [-0.4, -0.2) is 58.9 Å². The molecule has 0 aliphatic heterocycles. The lowest BCUT2D eigenvalue weighted by atomic mass is 10.0. The zero-order chi connectivity index (χ0) is 18.8. The number of carboxylic acid groups (broad SMARTS) is 2. The minimum Gasteiger partial charge on any atom is -0.480 e. The van der Waals surface area contributed by atoms with Gasteiger partial charge in [0.25, 0.3) is 0 Å². The Balaban J connectivity index is 4.63. The van der Waals surface area contributed by atoms with E-state index in [4.69, 9.17) is 28.0 Å². The van der Waals surface area contributed by atoms with E-state index in [1.54, 1.807) is 0 Å². The van der Waals surface area contributed by atoms with E-state index in [1.165, 1.54) is 0 Å². The van der Waals surface area contributed by atoms with Crippen LogP contribution in [0.3, 0.4) is 0 Å². The van der Waals surface area contributed by atoms with Gasteiger partial charge < -0.3 is 38.0 Å². The average molecular weight is 346 g/mol. The third-order valence-corrected chi connectivity index (χ3v) is 3.16. The first-order valence-electron chi connectivity index (χ1n) is 7.27. The Morgan fingerprint density at radius 1 is 1.04 bits per heavy atom. The van der Waals surface area contributed by atoms with Crippen molar-refractivity contribution < 1.29 is 19.8 Å². The number of rotatable bonds is 12. The molecule has 2 atom stereocenters. The summed E-state index contributed by atoms with van der Waals surface area (Å²) in [6, 6.07) is -1.17. The lowest BCUT2D eigenvalue weighted by molar-refractivity contribution is -0.147. The summed E-state index contributed by atoms with van der Waals surface area (Å²) in [6.45, 7) is 0.525. The normalized spacial score (nSPS) is 14.2. The van der Waals surface area contributed by atoms with Gasteiger partial charge in [-0.2, -0.15) is 0 Å². The first-order chi connectivity index (χ1) is 11.1. The highest BCUT2D eigenvalue weighted by atomic mass is 16.4. The van der Waals surface area contributed by atoms with Gasteiger partial charge in [-0.1, -0.05) is 0 Å². The number of hydrogen-bond donors (Lipinski definition) is 10. The third kappa shape index (κ3) is 8.75. The molecule has 12 heteroatoms. The molecule has 0 heterocycles. The number of hydrogen-bond acceptors (Lipinski definition) is 6. The Morgan fingerprint density at radius 2 is 1.54 bits per heavy atom. The second-order valence-electron chi connectivity index (χ2n) is 5.24. The van der Waals surface area contributed by atoms with E-state index >= 15 is 0 Å². The molecule has 24 heavy (non-hydrogen) atoms. The highest BCUT2D eigenvalue weighted by Crippen LogP contribution is 2.10. The van der Waals surface area contributed by atoms with Crippen LogP contribution in [0.25, 0.3) is 0 Å². The maximum Gasteiger partial charge on any atom is 0.338 e. The zero-order valence-electron chi connectivity index (χ0n) is 13.3. The topological polar surface area (TPSA) is 236 Å². The van der Waals surface area contributed by atoms with Crippen LogP contribution in [0.15, 0.2) is 0 Å². The van der Waals surface area contributed by atoms with Crippen LogP contribution in [0.1, 0.15) is 25.7 Å². The van der Waals surface area contributed by atoms with Crippen molar-refractivity contribution in [3.63, 3.8) is 0 Å². The van der Waals surface area contributed by atoms with Gasteiger partial charge in [0.05, 0.1) is 0 Å². The van der Waals surface area contributed by atoms with Crippen molar-refractivity contribution in [3.8, 4) is 0 Å². The minimum atomic E-state index is -1.92. The predicted octanol–water partition coefficient (Wildman–Crippen LogP) is -2.70. The molecule has 0 aromatic heterocycles. The Hall–Kier alpha value is -2.60. The van der Waals surface area contributed by atoms with E-state index in [9.17, 15) is 19.8 Å². The van der Waals surface area contributed by atoms with Crippen molar-refractivity contribution >= 4 is 23.9 Å². The fourth-order valence-electron chi connectivity index (χ4n) is 1.93. The monoisotopic (exact) mass is 346 g/mol. The second kappa shape index (κ2) is 10.2. The Morgan fingerprint density at radius 3 is 1.96 bits per heavy atom. The average Bonchev–Trinajstić information content (AvgIpc) is 2.46. The van der Waals surface area contributed by atoms with Gasteiger partial charge in [0.2, 0.25) is 0 Å². The maximum absolute atomic E-state index is 11.4. The van der Waals surface area contributed by atoms with E-state index in [0.717, 1.165) is 0 Å². The van der Waals surface area contributed by atoms with Crippen LogP contribution < -0.4 is 33.2 Å². The largest absolute Gasteiger partial charge is 0.480 e.